The summed E-state index contributed by atoms with van der Waals surface area (Å²) in [5.74, 6) is 1.07. The third-order valence-corrected chi connectivity index (χ3v) is 4.82. The molecule has 0 spiro atoms. The first kappa shape index (κ1) is 13.4. The first-order valence-corrected chi connectivity index (χ1v) is 7.99. The summed E-state index contributed by atoms with van der Waals surface area (Å²) < 4.78 is 1.66. The highest BCUT2D eigenvalue weighted by atomic mass is 32.2. The Morgan fingerprint density at radius 3 is 3.20 bits per heavy atom. The number of hydrogen-bond donors (Lipinski definition) is 0. The largest absolute Gasteiger partial charge is 0.326 e. The Balaban J connectivity index is 1.94. The van der Waals surface area contributed by atoms with Crippen LogP contribution in [-0.2, 0) is 0 Å². The van der Waals surface area contributed by atoms with Crippen LogP contribution in [0.15, 0.2) is 18.5 Å². The normalized spacial score (nSPS) is 18.9. The van der Waals surface area contributed by atoms with Gasteiger partial charge >= 0.3 is 0 Å². The smallest absolute Gasteiger partial charge is 0.260 e. The third-order valence-electron chi connectivity index (χ3n) is 3.53. The Morgan fingerprint density at radius 1 is 1.55 bits per heavy atom. The van der Waals surface area contributed by atoms with Gasteiger partial charge < -0.3 is 4.90 Å². The van der Waals surface area contributed by atoms with Gasteiger partial charge in [-0.25, -0.2) is 9.50 Å². The molecule has 3 heterocycles. The van der Waals surface area contributed by atoms with Crippen LogP contribution in [0, 0.1) is 6.92 Å². The number of aromatic nitrogens is 3. The van der Waals surface area contributed by atoms with Crippen LogP contribution in [0.5, 0.6) is 0 Å². The van der Waals surface area contributed by atoms with Crippen molar-refractivity contribution in [3.63, 3.8) is 0 Å². The minimum atomic E-state index is 0.0570. The SMILES string of the molecule is CCC[C@@H]1SCCN1C(=O)c1cnn2ccc(C)nc12. The van der Waals surface area contributed by atoms with Gasteiger partial charge in [-0.3, -0.25) is 4.79 Å². The van der Waals surface area contributed by atoms with E-state index < -0.39 is 0 Å². The second-order valence-electron chi connectivity index (χ2n) is 5.01. The van der Waals surface area contributed by atoms with Crippen LogP contribution in [0.1, 0.15) is 35.8 Å². The number of aryl methyl sites for hydroxylation is 1. The number of nitrogens with zero attached hydrogens (tertiary/aromatic N) is 4. The van der Waals surface area contributed by atoms with Gasteiger partial charge in [0.25, 0.3) is 5.91 Å². The summed E-state index contributed by atoms with van der Waals surface area (Å²) in [6.07, 6.45) is 5.61. The number of thioether (sulfide) groups is 1. The molecule has 3 rings (SSSR count). The molecule has 0 aromatic carbocycles. The van der Waals surface area contributed by atoms with Gasteiger partial charge in [-0.1, -0.05) is 13.3 Å². The van der Waals surface area contributed by atoms with Crippen molar-refractivity contribution in [2.45, 2.75) is 32.1 Å². The van der Waals surface area contributed by atoms with E-state index in [9.17, 15) is 4.79 Å². The molecule has 6 heteroatoms. The molecule has 1 aliphatic heterocycles. The van der Waals surface area contributed by atoms with E-state index in [1.165, 1.54) is 0 Å². The second kappa shape index (κ2) is 5.44. The fourth-order valence-corrected chi connectivity index (χ4v) is 3.86. The predicted octanol–water partition coefficient (Wildman–Crippen LogP) is 2.35. The van der Waals surface area contributed by atoms with Crippen molar-refractivity contribution in [1.29, 1.82) is 0 Å². The Bertz CT molecular complexity index is 639. The number of carbonyl (C=O) groups excluding carboxylic acids is 1. The third kappa shape index (κ3) is 2.28. The zero-order chi connectivity index (χ0) is 14.1. The first-order chi connectivity index (χ1) is 9.70. The molecule has 0 bridgehead atoms. The molecule has 0 radical (unpaired) electrons. The Hall–Kier alpha value is -1.56. The van der Waals surface area contributed by atoms with E-state index in [-0.39, 0.29) is 5.91 Å². The molecule has 0 aliphatic carbocycles. The fraction of sp³-hybridized carbons (Fsp3) is 0.500. The van der Waals surface area contributed by atoms with Crippen LogP contribution in [0.25, 0.3) is 5.65 Å². The van der Waals surface area contributed by atoms with Crippen LogP contribution in [-0.4, -0.2) is 43.1 Å². The maximum absolute atomic E-state index is 12.7. The molecule has 2 aromatic rings. The number of carbonyl (C=O) groups is 1. The number of amides is 1. The van der Waals surface area contributed by atoms with Gasteiger partial charge in [0, 0.05) is 24.2 Å². The van der Waals surface area contributed by atoms with Crippen molar-refractivity contribution < 1.29 is 4.79 Å². The Morgan fingerprint density at radius 2 is 2.40 bits per heavy atom. The highest BCUT2D eigenvalue weighted by Crippen LogP contribution is 2.29. The van der Waals surface area contributed by atoms with Crippen molar-refractivity contribution in [3.8, 4) is 0 Å². The predicted molar refractivity (Wildman–Crippen MR) is 79.9 cm³/mol. The summed E-state index contributed by atoms with van der Waals surface area (Å²) in [4.78, 5) is 19.2. The highest BCUT2D eigenvalue weighted by molar-refractivity contribution is 8.00. The van der Waals surface area contributed by atoms with E-state index in [1.807, 2.05) is 35.8 Å². The monoisotopic (exact) mass is 290 g/mol. The standard InChI is InChI=1S/C14H18N4OS/c1-3-4-12-17(7-8-20-12)14(19)11-9-15-18-6-5-10(2)16-13(11)18/h5-6,9,12H,3-4,7-8H2,1-2H3/t12-/m0/s1. The summed E-state index contributed by atoms with van der Waals surface area (Å²) in [5, 5.41) is 4.52. The number of hydrogen-bond acceptors (Lipinski definition) is 4. The molecule has 20 heavy (non-hydrogen) atoms. The van der Waals surface area contributed by atoms with Crippen molar-refractivity contribution in [1.82, 2.24) is 19.5 Å². The molecule has 1 fully saturated rings. The molecule has 1 aliphatic rings. The molecule has 0 saturated carbocycles. The minimum absolute atomic E-state index is 0.0570. The summed E-state index contributed by atoms with van der Waals surface area (Å²) >= 11 is 1.87. The van der Waals surface area contributed by atoms with E-state index in [4.69, 9.17) is 0 Å². The molecule has 0 unspecified atom stereocenters. The highest BCUT2D eigenvalue weighted by Gasteiger charge is 2.31. The molecular weight excluding hydrogens is 272 g/mol. The van der Waals surface area contributed by atoms with Crippen LogP contribution < -0.4 is 0 Å². The zero-order valence-electron chi connectivity index (χ0n) is 11.7. The molecule has 0 N–H and O–H groups in total. The average molecular weight is 290 g/mol. The summed E-state index contributed by atoms with van der Waals surface area (Å²) in [7, 11) is 0. The minimum Gasteiger partial charge on any atom is -0.326 e. The molecule has 1 amide bonds. The zero-order valence-corrected chi connectivity index (χ0v) is 12.6. The van der Waals surface area contributed by atoms with Gasteiger partial charge in [-0.05, 0) is 19.4 Å². The topological polar surface area (TPSA) is 50.5 Å². The van der Waals surface area contributed by atoms with Crippen molar-refractivity contribution in [2.75, 3.05) is 12.3 Å². The molecule has 1 atom stereocenters. The van der Waals surface area contributed by atoms with E-state index >= 15 is 0 Å². The van der Waals surface area contributed by atoms with Crippen molar-refractivity contribution in [3.05, 3.63) is 29.7 Å². The van der Waals surface area contributed by atoms with Gasteiger partial charge in [0.05, 0.1) is 11.6 Å². The average Bonchev–Trinajstić information content (AvgIpc) is 3.04. The maximum Gasteiger partial charge on any atom is 0.260 e. The summed E-state index contributed by atoms with van der Waals surface area (Å²) in [6, 6.07) is 1.89. The van der Waals surface area contributed by atoms with Crippen LogP contribution in [0.4, 0.5) is 0 Å². The van der Waals surface area contributed by atoms with E-state index in [1.54, 1.807) is 10.7 Å². The van der Waals surface area contributed by atoms with Gasteiger partial charge in [0.1, 0.15) is 5.56 Å². The van der Waals surface area contributed by atoms with E-state index in [2.05, 4.69) is 17.0 Å². The lowest BCUT2D eigenvalue weighted by Crippen LogP contribution is -2.34. The lowest BCUT2D eigenvalue weighted by molar-refractivity contribution is 0.0758. The van der Waals surface area contributed by atoms with Crippen molar-refractivity contribution in [2.24, 2.45) is 0 Å². The summed E-state index contributed by atoms with van der Waals surface area (Å²) in [5.41, 5.74) is 2.16. The number of rotatable bonds is 3. The lowest BCUT2D eigenvalue weighted by atomic mass is 10.2. The van der Waals surface area contributed by atoms with E-state index in [0.717, 1.165) is 30.8 Å². The van der Waals surface area contributed by atoms with Gasteiger partial charge in [0.2, 0.25) is 0 Å². The molecule has 1 saturated heterocycles. The second-order valence-corrected chi connectivity index (χ2v) is 6.29. The maximum atomic E-state index is 12.7. The van der Waals surface area contributed by atoms with Crippen LogP contribution in [0.2, 0.25) is 0 Å². The van der Waals surface area contributed by atoms with Crippen LogP contribution in [0.3, 0.4) is 0 Å². The fourth-order valence-electron chi connectivity index (χ4n) is 2.50. The lowest BCUT2D eigenvalue weighted by Gasteiger charge is -2.22. The van der Waals surface area contributed by atoms with Crippen molar-refractivity contribution >= 4 is 23.3 Å². The molecule has 2 aromatic heterocycles. The molecule has 106 valence electrons. The van der Waals surface area contributed by atoms with Crippen LogP contribution >= 0.6 is 11.8 Å². The Labute approximate surface area is 122 Å². The van der Waals surface area contributed by atoms with E-state index in [0.29, 0.717) is 16.6 Å². The first-order valence-electron chi connectivity index (χ1n) is 6.94. The quantitative estimate of drug-likeness (QED) is 0.870. The Kier molecular flexibility index (Phi) is 3.65. The number of fused-ring (bicyclic) bond motifs is 1. The summed E-state index contributed by atoms with van der Waals surface area (Å²) in [6.45, 7) is 4.89. The molecular formula is C14H18N4OS. The van der Waals surface area contributed by atoms with Gasteiger partial charge in [0.15, 0.2) is 5.65 Å². The van der Waals surface area contributed by atoms with Gasteiger partial charge in [-0.2, -0.15) is 5.10 Å². The molecule has 5 nitrogen and oxygen atoms in total. The van der Waals surface area contributed by atoms with Gasteiger partial charge in [-0.15, -0.1) is 11.8 Å².